The molecule has 0 bridgehead atoms. The number of benzene rings is 1. The van der Waals surface area contributed by atoms with E-state index in [9.17, 15) is 4.79 Å². The van der Waals surface area contributed by atoms with Crippen LogP contribution in [0.3, 0.4) is 0 Å². The van der Waals surface area contributed by atoms with Gasteiger partial charge in [0, 0.05) is 11.6 Å². The summed E-state index contributed by atoms with van der Waals surface area (Å²) in [5.74, 6) is 1.51. The molecule has 110 valence electrons. The average molecular weight is 295 g/mol. The molecule has 0 aromatic heterocycles. The predicted molar refractivity (Wildman–Crippen MR) is 82.1 cm³/mol. The van der Waals surface area contributed by atoms with Crippen molar-refractivity contribution in [3.8, 4) is 0 Å². The Labute approximate surface area is 126 Å². The lowest BCUT2D eigenvalue weighted by Gasteiger charge is -2.35. The van der Waals surface area contributed by atoms with Crippen molar-refractivity contribution in [3.63, 3.8) is 0 Å². The third kappa shape index (κ3) is 4.24. The van der Waals surface area contributed by atoms with Crippen molar-refractivity contribution in [2.75, 3.05) is 0 Å². The van der Waals surface area contributed by atoms with Crippen LogP contribution in [-0.4, -0.2) is 11.5 Å². The lowest BCUT2D eigenvalue weighted by atomic mass is 9.76. The molecule has 4 unspecified atom stereocenters. The van der Waals surface area contributed by atoms with Crippen LogP contribution in [0.4, 0.5) is 4.79 Å². The van der Waals surface area contributed by atoms with E-state index in [1.807, 2.05) is 6.07 Å². The van der Waals surface area contributed by atoms with Crippen LogP contribution in [-0.2, 0) is 4.74 Å². The zero-order valence-electron chi connectivity index (χ0n) is 12.2. The third-order valence-electron chi connectivity index (χ3n) is 4.46. The number of carbonyl (C=O) groups is 1. The minimum Gasteiger partial charge on any atom is -0.450 e. The molecular weight excluding hydrogens is 272 g/mol. The van der Waals surface area contributed by atoms with Gasteiger partial charge in [0.25, 0.3) is 0 Å². The van der Waals surface area contributed by atoms with Gasteiger partial charge in [-0.2, -0.15) is 0 Å². The van der Waals surface area contributed by atoms with Gasteiger partial charge in [0.2, 0.25) is 0 Å². The summed E-state index contributed by atoms with van der Waals surface area (Å²) in [6, 6.07) is 10.5. The molecule has 1 aliphatic carbocycles. The van der Waals surface area contributed by atoms with Gasteiger partial charge in [-0.1, -0.05) is 50.6 Å². The van der Waals surface area contributed by atoms with Crippen LogP contribution in [0.25, 0.3) is 0 Å². The maximum absolute atomic E-state index is 11.1. The molecule has 2 nitrogen and oxygen atoms in total. The molecule has 2 rings (SSSR count). The lowest BCUT2D eigenvalue weighted by molar-refractivity contribution is 0.0307. The fraction of sp³-hybridized carbons (Fsp3) is 0.588. The van der Waals surface area contributed by atoms with E-state index in [2.05, 4.69) is 38.1 Å². The van der Waals surface area contributed by atoms with Crippen molar-refractivity contribution in [1.29, 1.82) is 0 Å². The van der Waals surface area contributed by atoms with Gasteiger partial charge in [-0.25, -0.2) is 4.79 Å². The maximum Gasteiger partial charge on any atom is 0.404 e. The summed E-state index contributed by atoms with van der Waals surface area (Å²) in [5.41, 5.74) is 0.684. The van der Waals surface area contributed by atoms with E-state index in [1.165, 1.54) is 12.0 Å². The highest BCUT2D eigenvalue weighted by atomic mass is 35.5. The molecule has 0 heterocycles. The van der Waals surface area contributed by atoms with Gasteiger partial charge in [0.15, 0.2) is 0 Å². The van der Waals surface area contributed by atoms with Crippen molar-refractivity contribution >= 4 is 17.0 Å². The molecule has 1 aliphatic rings. The summed E-state index contributed by atoms with van der Waals surface area (Å²) in [6.07, 6.45) is 4.29. The van der Waals surface area contributed by atoms with Crippen molar-refractivity contribution < 1.29 is 9.53 Å². The third-order valence-corrected chi connectivity index (χ3v) is 4.55. The van der Waals surface area contributed by atoms with Crippen molar-refractivity contribution in [1.82, 2.24) is 0 Å². The molecule has 0 amide bonds. The Morgan fingerprint density at radius 3 is 2.70 bits per heavy atom. The normalized spacial score (nSPS) is 27.9. The van der Waals surface area contributed by atoms with Crippen LogP contribution in [0.15, 0.2) is 30.3 Å². The molecule has 0 spiro atoms. The molecular formula is C17H23ClO2. The summed E-state index contributed by atoms with van der Waals surface area (Å²) in [7, 11) is 0. The largest absolute Gasteiger partial charge is 0.450 e. The van der Waals surface area contributed by atoms with Gasteiger partial charge in [0.1, 0.15) is 6.10 Å². The first-order valence-corrected chi connectivity index (χ1v) is 7.85. The Morgan fingerprint density at radius 2 is 2.05 bits per heavy atom. The molecule has 0 radical (unpaired) electrons. The van der Waals surface area contributed by atoms with Crippen LogP contribution >= 0.6 is 11.6 Å². The fourth-order valence-electron chi connectivity index (χ4n) is 3.30. The summed E-state index contributed by atoms with van der Waals surface area (Å²) in [5, 5.41) is 0. The Hall–Kier alpha value is -1.02. The van der Waals surface area contributed by atoms with E-state index in [1.54, 1.807) is 0 Å². The van der Waals surface area contributed by atoms with Gasteiger partial charge in [0.05, 0.1) is 0 Å². The number of rotatable bonds is 4. The van der Waals surface area contributed by atoms with Crippen LogP contribution in [0.5, 0.6) is 0 Å². The summed E-state index contributed by atoms with van der Waals surface area (Å²) < 4.78 is 5.34. The SMILES string of the molecule is CC1CCC(CC(C)c2ccccc2)C(OC(=O)Cl)C1. The van der Waals surface area contributed by atoms with Gasteiger partial charge in [-0.05, 0) is 42.6 Å². The number of carbonyl (C=O) groups excluding carboxylic acids is 1. The number of halogens is 1. The summed E-state index contributed by atoms with van der Waals surface area (Å²) in [6.45, 7) is 4.46. The van der Waals surface area contributed by atoms with Gasteiger partial charge >= 0.3 is 5.43 Å². The second kappa shape index (κ2) is 7.12. The van der Waals surface area contributed by atoms with Crippen molar-refractivity contribution in [2.45, 2.75) is 51.6 Å². The number of hydrogen-bond acceptors (Lipinski definition) is 2. The average Bonchev–Trinajstić information content (AvgIpc) is 2.42. The minimum absolute atomic E-state index is 0.0186. The topological polar surface area (TPSA) is 26.3 Å². The second-order valence-corrected chi connectivity index (χ2v) is 6.43. The summed E-state index contributed by atoms with van der Waals surface area (Å²) >= 11 is 5.42. The monoisotopic (exact) mass is 294 g/mol. The van der Waals surface area contributed by atoms with E-state index in [0.717, 1.165) is 19.3 Å². The highest BCUT2D eigenvalue weighted by Gasteiger charge is 2.32. The molecule has 0 aliphatic heterocycles. The Balaban J connectivity index is 2.00. The molecule has 20 heavy (non-hydrogen) atoms. The Bertz CT molecular complexity index is 432. The molecule has 1 fully saturated rings. The molecule has 0 N–H and O–H groups in total. The molecule has 1 aromatic rings. The minimum atomic E-state index is -0.665. The fourth-order valence-corrected chi connectivity index (χ4v) is 3.41. The number of ether oxygens (including phenoxy) is 1. The van der Waals surface area contributed by atoms with Crippen LogP contribution in [0, 0.1) is 11.8 Å². The van der Waals surface area contributed by atoms with Gasteiger partial charge in [-0.15, -0.1) is 0 Å². The highest BCUT2D eigenvalue weighted by Crippen LogP contribution is 2.37. The predicted octanol–water partition coefficient (Wildman–Crippen LogP) is 5.36. The number of hydrogen-bond donors (Lipinski definition) is 0. The van der Waals surface area contributed by atoms with Crippen LogP contribution < -0.4 is 0 Å². The van der Waals surface area contributed by atoms with Crippen LogP contribution in [0.1, 0.15) is 51.0 Å². The Kier molecular flexibility index (Phi) is 5.47. The van der Waals surface area contributed by atoms with E-state index in [4.69, 9.17) is 16.3 Å². The summed E-state index contributed by atoms with van der Waals surface area (Å²) in [4.78, 5) is 11.1. The molecule has 4 atom stereocenters. The van der Waals surface area contributed by atoms with E-state index in [0.29, 0.717) is 17.8 Å². The molecule has 3 heteroatoms. The molecule has 1 aromatic carbocycles. The zero-order chi connectivity index (χ0) is 14.5. The quantitative estimate of drug-likeness (QED) is 0.699. The zero-order valence-corrected chi connectivity index (χ0v) is 13.0. The lowest BCUT2D eigenvalue weighted by Crippen LogP contribution is -2.32. The maximum atomic E-state index is 11.1. The first-order chi connectivity index (χ1) is 9.56. The standard InChI is InChI=1S/C17H23ClO2/c1-12-8-9-15(16(10-12)20-17(18)19)11-13(2)14-6-4-3-5-7-14/h3-7,12-13,15-16H,8-11H2,1-2H3. The van der Waals surface area contributed by atoms with E-state index in [-0.39, 0.29) is 6.10 Å². The van der Waals surface area contributed by atoms with Gasteiger partial charge in [-0.3, -0.25) is 0 Å². The van der Waals surface area contributed by atoms with Gasteiger partial charge < -0.3 is 4.74 Å². The smallest absolute Gasteiger partial charge is 0.404 e. The van der Waals surface area contributed by atoms with E-state index >= 15 is 0 Å². The Morgan fingerprint density at radius 1 is 1.35 bits per heavy atom. The first-order valence-electron chi connectivity index (χ1n) is 7.47. The van der Waals surface area contributed by atoms with Crippen molar-refractivity contribution in [2.24, 2.45) is 11.8 Å². The second-order valence-electron chi connectivity index (χ2n) is 6.12. The first kappa shape index (κ1) is 15.4. The molecule has 1 saturated carbocycles. The highest BCUT2D eigenvalue weighted by molar-refractivity contribution is 6.61. The van der Waals surface area contributed by atoms with E-state index < -0.39 is 5.43 Å². The van der Waals surface area contributed by atoms with Crippen molar-refractivity contribution in [3.05, 3.63) is 35.9 Å². The molecule has 0 saturated heterocycles. The van der Waals surface area contributed by atoms with Crippen LogP contribution in [0.2, 0.25) is 0 Å².